The Balaban J connectivity index is 2.25. The van der Waals surface area contributed by atoms with Crippen molar-refractivity contribution in [2.45, 2.75) is 25.8 Å². The Hall–Kier alpha value is -1.45. The van der Waals surface area contributed by atoms with E-state index < -0.39 is 0 Å². The van der Waals surface area contributed by atoms with E-state index >= 15 is 0 Å². The molecule has 1 atom stereocenters. The van der Waals surface area contributed by atoms with E-state index in [1.807, 2.05) is 19.2 Å². The van der Waals surface area contributed by atoms with Crippen LogP contribution in [-0.4, -0.2) is 4.98 Å². The Kier molecular flexibility index (Phi) is 4.51. The molecule has 0 bridgehead atoms. The van der Waals surface area contributed by atoms with Gasteiger partial charge in [-0.25, -0.2) is 4.39 Å². The highest BCUT2D eigenvalue weighted by Gasteiger charge is 2.13. The highest BCUT2D eigenvalue weighted by Crippen LogP contribution is 2.23. The van der Waals surface area contributed by atoms with Gasteiger partial charge in [-0.15, -0.1) is 0 Å². The third kappa shape index (κ3) is 3.31. The number of hydrogen-bond donors (Lipinski definition) is 1. The van der Waals surface area contributed by atoms with Gasteiger partial charge < -0.3 is 5.73 Å². The molecule has 1 heterocycles. The summed E-state index contributed by atoms with van der Waals surface area (Å²) in [4.78, 5) is 4.09. The monoisotopic (exact) mass is 278 g/mol. The lowest BCUT2D eigenvalue weighted by Crippen LogP contribution is -2.16. The summed E-state index contributed by atoms with van der Waals surface area (Å²) in [6, 6.07) is 6.18. The molecule has 1 aromatic heterocycles. The van der Waals surface area contributed by atoms with Crippen LogP contribution in [0.2, 0.25) is 5.02 Å². The van der Waals surface area contributed by atoms with Gasteiger partial charge >= 0.3 is 0 Å². The first-order valence-corrected chi connectivity index (χ1v) is 6.62. The van der Waals surface area contributed by atoms with Crippen molar-refractivity contribution in [1.29, 1.82) is 0 Å². The maximum absolute atomic E-state index is 13.7. The van der Waals surface area contributed by atoms with Crippen LogP contribution < -0.4 is 5.73 Å². The third-order valence-electron chi connectivity index (χ3n) is 3.17. The number of rotatable bonds is 4. The van der Waals surface area contributed by atoms with Crippen molar-refractivity contribution in [2.75, 3.05) is 0 Å². The Labute approximate surface area is 117 Å². The normalized spacial score (nSPS) is 12.4. The zero-order valence-corrected chi connectivity index (χ0v) is 11.5. The second-order valence-corrected chi connectivity index (χ2v) is 4.91. The number of aromatic nitrogens is 1. The van der Waals surface area contributed by atoms with Crippen LogP contribution in [0.25, 0.3) is 0 Å². The predicted octanol–water partition coefficient (Wildman–Crippen LogP) is 3.68. The fourth-order valence-electron chi connectivity index (χ4n) is 2.14. The van der Waals surface area contributed by atoms with E-state index in [4.69, 9.17) is 17.3 Å². The molecule has 2 nitrogen and oxygen atoms in total. The lowest BCUT2D eigenvalue weighted by atomic mass is 9.96. The summed E-state index contributed by atoms with van der Waals surface area (Å²) in [6.45, 7) is 2.05. The third-order valence-corrected chi connectivity index (χ3v) is 3.40. The van der Waals surface area contributed by atoms with E-state index in [2.05, 4.69) is 4.98 Å². The first-order valence-electron chi connectivity index (χ1n) is 6.24. The molecule has 0 fully saturated rings. The predicted molar refractivity (Wildman–Crippen MR) is 75.7 cm³/mol. The highest BCUT2D eigenvalue weighted by molar-refractivity contribution is 6.30. The minimum absolute atomic E-state index is 0.258. The summed E-state index contributed by atoms with van der Waals surface area (Å²) in [5, 5.41) is 0.522. The second-order valence-electron chi connectivity index (χ2n) is 4.47. The quantitative estimate of drug-likeness (QED) is 0.927. The average molecular weight is 279 g/mol. The maximum atomic E-state index is 13.7. The summed E-state index contributed by atoms with van der Waals surface area (Å²) >= 11 is 5.89. The fraction of sp³-hybridized carbons (Fsp3) is 0.267. The zero-order chi connectivity index (χ0) is 13.8. The molecular weight excluding hydrogens is 263 g/mol. The number of hydrogen-bond acceptors (Lipinski definition) is 2. The summed E-state index contributed by atoms with van der Waals surface area (Å²) in [5.74, 6) is -0.271. The number of halogens is 2. The van der Waals surface area contributed by atoms with Crippen LogP contribution in [0.5, 0.6) is 0 Å². The minimum atomic E-state index is -0.271. The van der Waals surface area contributed by atoms with Crippen LogP contribution in [0, 0.1) is 5.82 Å². The standard InChI is InChI=1S/C15H16ClFN2/c1-2-10-9-19-6-5-13(10)15(18)8-11-7-12(16)3-4-14(11)17/h3-7,9,15H,2,8,18H2,1H3. The van der Waals surface area contributed by atoms with E-state index in [0.29, 0.717) is 17.0 Å². The van der Waals surface area contributed by atoms with E-state index in [9.17, 15) is 4.39 Å². The molecule has 0 radical (unpaired) electrons. The van der Waals surface area contributed by atoms with Gasteiger partial charge in [0.2, 0.25) is 0 Å². The van der Waals surface area contributed by atoms with Crippen molar-refractivity contribution in [3.8, 4) is 0 Å². The molecule has 0 saturated carbocycles. The molecule has 0 aliphatic rings. The molecule has 4 heteroatoms. The summed E-state index contributed by atoms with van der Waals surface area (Å²) in [6.07, 6.45) is 4.80. The van der Waals surface area contributed by atoms with Gasteiger partial charge in [-0.05, 0) is 53.8 Å². The van der Waals surface area contributed by atoms with Crippen LogP contribution in [0.15, 0.2) is 36.7 Å². The molecular formula is C15H16ClFN2. The molecule has 19 heavy (non-hydrogen) atoms. The van der Waals surface area contributed by atoms with Crippen molar-refractivity contribution in [1.82, 2.24) is 4.98 Å². The van der Waals surface area contributed by atoms with Gasteiger partial charge in [0, 0.05) is 23.5 Å². The lowest BCUT2D eigenvalue weighted by Gasteiger charge is -2.16. The smallest absolute Gasteiger partial charge is 0.126 e. The van der Waals surface area contributed by atoms with Crippen LogP contribution in [0.3, 0.4) is 0 Å². The molecule has 2 N–H and O–H groups in total. The van der Waals surface area contributed by atoms with Crippen LogP contribution in [-0.2, 0) is 12.8 Å². The van der Waals surface area contributed by atoms with E-state index in [0.717, 1.165) is 17.5 Å². The fourth-order valence-corrected chi connectivity index (χ4v) is 2.34. The van der Waals surface area contributed by atoms with Crippen LogP contribution in [0.1, 0.15) is 29.7 Å². The molecule has 0 spiro atoms. The molecule has 0 aliphatic heterocycles. The number of nitrogens with zero attached hydrogens (tertiary/aromatic N) is 1. The average Bonchev–Trinajstić information content (AvgIpc) is 2.42. The number of nitrogens with two attached hydrogens (primary N) is 1. The number of benzene rings is 1. The molecule has 1 aromatic carbocycles. The molecule has 0 aliphatic carbocycles. The van der Waals surface area contributed by atoms with E-state index in [-0.39, 0.29) is 11.9 Å². The van der Waals surface area contributed by atoms with Gasteiger partial charge in [0.15, 0.2) is 0 Å². The Bertz CT molecular complexity index is 572. The van der Waals surface area contributed by atoms with Crippen molar-refractivity contribution in [3.63, 3.8) is 0 Å². The minimum Gasteiger partial charge on any atom is -0.324 e. The second kappa shape index (κ2) is 6.13. The first kappa shape index (κ1) is 14.0. The van der Waals surface area contributed by atoms with E-state index in [1.54, 1.807) is 12.3 Å². The molecule has 1 unspecified atom stereocenters. The van der Waals surface area contributed by atoms with Gasteiger partial charge in [0.05, 0.1) is 0 Å². The van der Waals surface area contributed by atoms with Crippen molar-refractivity contribution < 1.29 is 4.39 Å². The van der Waals surface area contributed by atoms with Crippen molar-refractivity contribution in [2.24, 2.45) is 5.73 Å². The van der Waals surface area contributed by atoms with Crippen molar-refractivity contribution in [3.05, 3.63) is 64.2 Å². The Morgan fingerprint density at radius 1 is 1.32 bits per heavy atom. The van der Waals surface area contributed by atoms with E-state index in [1.165, 1.54) is 12.1 Å². The summed E-state index contributed by atoms with van der Waals surface area (Å²) in [5.41, 5.74) is 8.83. The maximum Gasteiger partial charge on any atom is 0.126 e. The van der Waals surface area contributed by atoms with Crippen LogP contribution >= 0.6 is 11.6 Å². The highest BCUT2D eigenvalue weighted by atomic mass is 35.5. The van der Waals surface area contributed by atoms with Crippen molar-refractivity contribution >= 4 is 11.6 Å². The largest absolute Gasteiger partial charge is 0.324 e. The SMILES string of the molecule is CCc1cnccc1C(N)Cc1cc(Cl)ccc1F. The molecule has 0 amide bonds. The van der Waals surface area contributed by atoms with Gasteiger partial charge in [0.25, 0.3) is 0 Å². The number of pyridine rings is 1. The van der Waals surface area contributed by atoms with Gasteiger partial charge in [0.1, 0.15) is 5.82 Å². The Morgan fingerprint density at radius 2 is 2.11 bits per heavy atom. The number of aryl methyl sites for hydroxylation is 1. The van der Waals surface area contributed by atoms with Gasteiger partial charge in [-0.3, -0.25) is 4.98 Å². The van der Waals surface area contributed by atoms with Crippen LogP contribution in [0.4, 0.5) is 4.39 Å². The zero-order valence-electron chi connectivity index (χ0n) is 10.7. The van der Waals surface area contributed by atoms with Gasteiger partial charge in [-0.1, -0.05) is 18.5 Å². The Morgan fingerprint density at radius 3 is 2.84 bits per heavy atom. The molecule has 2 aromatic rings. The van der Waals surface area contributed by atoms with Gasteiger partial charge in [-0.2, -0.15) is 0 Å². The molecule has 100 valence electrons. The molecule has 0 saturated heterocycles. The summed E-state index contributed by atoms with van der Waals surface area (Å²) < 4.78 is 13.7. The lowest BCUT2D eigenvalue weighted by molar-refractivity contribution is 0.592. The molecule has 2 rings (SSSR count). The topological polar surface area (TPSA) is 38.9 Å². The summed E-state index contributed by atoms with van der Waals surface area (Å²) in [7, 11) is 0. The first-order chi connectivity index (χ1) is 9.11.